The molecule has 1 heterocycles. The number of likely N-dealkylation sites (tertiary alicyclic amines) is 1. The minimum atomic E-state index is -0.0666. The van der Waals surface area contributed by atoms with Crippen LogP contribution in [-0.4, -0.2) is 29.4 Å². The number of nitrogens with zero attached hydrogens (tertiary/aromatic N) is 1. The largest absolute Gasteiger partial charge is 0.385 e. The normalized spacial score (nSPS) is 17.6. The Morgan fingerprint density at radius 1 is 1.47 bits per heavy atom. The van der Waals surface area contributed by atoms with Crippen molar-refractivity contribution < 1.29 is 4.79 Å². The van der Waals surface area contributed by atoms with Crippen LogP contribution in [0.4, 0.5) is 5.69 Å². The van der Waals surface area contributed by atoms with Crippen molar-refractivity contribution in [1.82, 2.24) is 4.90 Å². The minimum absolute atomic E-state index is 0.0666. The van der Waals surface area contributed by atoms with E-state index in [1.165, 1.54) is 0 Å². The molecule has 0 bridgehead atoms. The second kappa shape index (κ2) is 5.41. The fourth-order valence-electron chi connectivity index (χ4n) is 2.67. The van der Waals surface area contributed by atoms with E-state index in [-0.39, 0.29) is 11.4 Å². The molecule has 0 aromatic heterocycles. The average molecular weight is 281 g/mol. The molecule has 3 nitrogen and oxygen atoms in total. The molecule has 1 aromatic carbocycles. The summed E-state index contributed by atoms with van der Waals surface area (Å²) in [6.45, 7) is 7.86. The predicted octanol–water partition coefficient (Wildman–Crippen LogP) is 3.79. The van der Waals surface area contributed by atoms with Gasteiger partial charge in [-0.05, 0) is 51.8 Å². The van der Waals surface area contributed by atoms with Crippen molar-refractivity contribution in [3.8, 4) is 0 Å². The lowest BCUT2D eigenvalue weighted by molar-refractivity contribution is 0.0653. The van der Waals surface area contributed by atoms with Gasteiger partial charge in [0.2, 0.25) is 0 Å². The first-order valence-corrected chi connectivity index (χ1v) is 7.19. The molecule has 4 heteroatoms. The lowest BCUT2D eigenvalue weighted by Gasteiger charge is -2.32. The van der Waals surface area contributed by atoms with E-state index in [1.54, 1.807) is 6.07 Å². The molecule has 0 unspecified atom stereocenters. The van der Waals surface area contributed by atoms with Crippen molar-refractivity contribution >= 4 is 23.2 Å². The van der Waals surface area contributed by atoms with Crippen molar-refractivity contribution in [1.29, 1.82) is 0 Å². The lowest BCUT2D eigenvalue weighted by atomic mass is 10.0. The average Bonchev–Trinajstić information content (AvgIpc) is 2.70. The van der Waals surface area contributed by atoms with Gasteiger partial charge in [-0.3, -0.25) is 4.79 Å². The van der Waals surface area contributed by atoms with E-state index in [9.17, 15) is 4.79 Å². The molecule has 0 radical (unpaired) electrons. The Labute approximate surface area is 119 Å². The van der Waals surface area contributed by atoms with Crippen LogP contribution in [0.25, 0.3) is 0 Å². The molecule has 0 aliphatic carbocycles. The SMILES string of the molecule is CCNc1ccc(Cl)cc1C(=O)N1CCCC1(C)C. The zero-order valence-corrected chi connectivity index (χ0v) is 12.5. The molecule has 0 atom stereocenters. The maximum atomic E-state index is 12.7. The summed E-state index contributed by atoms with van der Waals surface area (Å²) in [5.74, 6) is 0.0703. The van der Waals surface area contributed by atoms with Crippen LogP contribution < -0.4 is 5.32 Å². The number of halogens is 1. The third-order valence-corrected chi connectivity index (χ3v) is 3.96. The van der Waals surface area contributed by atoms with Crippen LogP contribution in [-0.2, 0) is 0 Å². The van der Waals surface area contributed by atoms with E-state index in [4.69, 9.17) is 11.6 Å². The summed E-state index contributed by atoms with van der Waals surface area (Å²) in [5, 5.41) is 3.83. The summed E-state index contributed by atoms with van der Waals surface area (Å²) in [4.78, 5) is 14.7. The van der Waals surface area contributed by atoms with E-state index in [2.05, 4.69) is 19.2 Å². The highest BCUT2D eigenvalue weighted by atomic mass is 35.5. The zero-order chi connectivity index (χ0) is 14.0. The van der Waals surface area contributed by atoms with Gasteiger partial charge >= 0.3 is 0 Å². The van der Waals surface area contributed by atoms with Gasteiger partial charge in [-0.2, -0.15) is 0 Å². The Morgan fingerprint density at radius 2 is 2.21 bits per heavy atom. The third-order valence-electron chi connectivity index (χ3n) is 3.73. The third kappa shape index (κ3) is 2.86. The highest BCUT2D eigenvalue weighted by Gasteiger charge is 2.36. The van der Waals surface area contributed by atoms with E-state index in [0.717, 1.165) is 31.6 Å². The van der Waals surface area contributed by atoms with Gasteiger partial charge in [0.1, 0.15) is 0 Å². The first-order valence-electron chi connectivity index (χ1n) is 6.81. The maximum absolute atomic E-state index is 12.7. The Balaban J connectivity index is 2.35. The van der Waals surface area contributed by atoms with Crippen molar-refractivity contribution in [3.63, 3.8) is 0 Å². The Kier molecular flexibility index (Phi) is 4.04. The van der Waals surface area contributed by atoms with Gasteiger partial charge in [-0.25, -0.2) is 0 Å². The maximum Gasteiger partial charge on any atom is 0.256 e. The van der Waals surface area contributed by atoms with Gasteiger partial charge in [0.25, 0.3) is 5.91 Å². The Bertz CT molecular complexity index is 485. The van der Waals surface area contributed by atoms with E-state index < -0.39 is 0 Å². The van der Waals surface area contributed by atoms with Crippen LogP contribution in [0.2, 0.25) is 5.02 Å². The first kappa shape index (κ1) is 14.2. The zero-order valence-electron chi connectivity index (χ0n) is 11.8. The fourth-order valence-corrected chi connectivity index (χ4v) is 2.84. The topological polar surface area (TPSA) is 32.3 Å². The molecule has 1 saturated heterocycles. The first-order chi connectivity index (χ1) is 8.95. The second-order valence-electron chi connectivity index (χ2n) is 5.59. The molecular formula is C15H21ClN2O. The quantitative estimate of drug-likeness (QED) is 0.914. The van der Waals surface area contributed by atoms with Crippen molar-refractivity contribution in [2.45, 2.75) is 39.2 Å². The molecule has 0 spiro atoms. The summed E-state index contributed by atoms with van der Waals surface area (Å²) >= 11 is 6.04. The number of anilines is 1. The molecule has 1 fully saturated rings. The standard InChI is InChI=1S/C15H21ClN2O/c1-4-17-13-7-6-11(16)10-12(13)14(19)18-9-5-8-15(18,2)3/h6-7,10,17H,4-5,8-9H2,1-3H3. The Morgan fingerprint density at radius 3 is 2.79 bits per heavy atom. The molecule has 1 amide bonds. The molecule has 104 valence electrons. The van der Waals surface area contributed by atoms with Gasteiger partial charge < -0.3 is 10.2 Å². The predicted molar refractivity (Wildman–Crippen MR) is 80.0 cm³/mol. The number of rotatable bonds is 3. The number of amides is 1. The molecule has 1 aromatic rings. The number of benzene rings is 1. The Hall–Kier alpha value is -1.22. The highest BCUT2D eigenvalue weighted by Crippen LogP contribution is 2.32. The fraction of sp³-hybridized carbons (Fsp3) is 0.533. The summed E-state index contributed by atoms with van der Waals surface area (Å²) in [7, 11) is 0. The molecule has 0 saturated carbocycles. The van der Waals surface area contributed by atoms with Crippen molar-refractivity contribution in [2.75, 3.05) is 18.4 Å². The minimum Gasteiger partial charge on any atom is -0.385 e. The van der Waals surface area contributed by atoms with Crippen LogP contribution >= 0.6 is 11.6 Å². The van der Waals surface area contributed by atoms with Crippen LogP contribution in [0.3, 0.4) is 0 Å². The van der Waals surface area contributed by atoms with Crippen LogP contribution in [0, 0.1) is 0 Å². The van der Waals surface area contributed by atoms with Crippen molar-refractivity contribution in [3.05, 3.63) is 28.8 Å². The van der Waals surface area contributed by atoms with Crippen molar-refractivity contribution in [2.24, 2.45) is 0 Å². The van der Waals surface area contributed by atoms with E-state index >= 15 is 0 Å². The van der Waals surface area contributed by atoms with E-state index in [0.29, 0.717) is 10.6 Å². The summed E-state index contributed by atoms with van der Waals surface area (Å²) in [6, 6.07) is 5.45. The van der Waals surface area contributed by atoms with Crippen LogP contribution in [0.15, 0.2) is 18.2 Å². The molecule has 1 N–H and O–H groups in total. The summed E-state index contributed by atoms with van der Waals surface area (Å²) in [6.07, 6.45) is 2.12. The smallest absolute Gasteiger partial charge is 0.256 e. The molecule has 2 rings (SSSR count). The van der Waals surface area contributed by atoms with Crippen LogP contribution in [0.1, 0.15) is 44.0 Å². The molecule has 19 heavy (non-hydrogen) atoms. The molecular weight excluding hydrogens is 260 g/mol. The number of carbonyl (C=O) groups excluding carboxylic acids is 1. The van der Waals surface area contributed by atoms with Gasteiger partial charge in [0, 0.05) is 29.3 Å². The number of carbonyl (C=O) groups is 1. The van der Waals surface area contributed by atoms with Gasteiger partial charge in [-0.15, -0.1) is 0 Å². The van der Waals surface area contributed by atoms with Crippen LogP contribution in [0.5, 0.6) is 0 Å². The second-order valence-corrected chi connectivity index (χ2v) is 6.03. The number of nitrogens with one attached hydrogen (secondary N) is 1. The summed E-state index contributed by atoms with van der Waals surface area (Å²) < 4.78 is 0. The number of hydrogen-bond donors (Lipinski definition) is 1. The monoisotopic (exact) mass is 280 g/mol. The lowest BCUT2D eigenvalue weighted by Crippen LogP contribution is -2.42. The van der Waals surface area contributed by atoms with Gasteiger partial charge in [0.05, 0.1) is 5.56 Å². The van der Waals surface area contributed by atoms with Gasteiger partial charge in [-0.1, -0.05) is 11.6 Å². The van der Waals surface area contributed by atoms with Gasteiger partial charge in [0.15, 0.2) is 0 Å². The van der Waals surface area contributed by atoms with E-state index in [1.807, 2.05) is 24.0 Å². The molecule has 1 aliphatic rings. The number of hydrogen-bond acceptors (Lipinski definition) is 2. The molecule has 1 aliphatic heterocycles. The highest BCUT2D eigenvalue weighted by molar-refractivity contribution is 6.31. The summed E-state index contributed by atoms with van der Waals surface area (Å²) in [5.41, 5.74) is 1.46.